The average Bonchev–Trinajstić information content (AvgIpc) is 3.01. The van der Waals surface area contributed by atoms with Gasteiger partial charge >= 0.3 is 5.97 Å². The number of nitrogens with one attached hydrogen (secondary N) is 1. The molecule has 19 heavy (non-hydrogen) atoms. The Morgan fingerprint density at radius 1 is 1.68 bits per heavy atom. The molecule has 1 aromatic heterocycles. The fraction of sp³-hybridized carbons (Fsp3) is 0.615. The van der Waals surface area contributed by atoms with Gasteiger partial charge in [-0.1, -0.05) is 6.92 Å². The van der Waals surface area contributed by atoms with Gasteiger partial charge in [0.15, 0.2) is 0 Å². The minimum Gasteiger partial charge on any atom is -0.465 e. The number of hydrogen-bond donors (Lipinski definition) is 2. The summed E-state index contributed by atoms with van der Waals surface area (Å²) in [7, 11) is 1.37. The van der Waals surface area contributed by atoms with Crippen LogP contribution in [0.2, 0.25) is 0 Å². The fourth-order valence-corrected chi connectivity index (χ4v) is 3.26. The second-order valence-electron chi connectivity index (χ2n) is 4.82. The molecule has 1 aliphatic heterocycles. The van der Waals surface area contributed by atoms with E-state index >= 15 is 0 Å². The highest BCUT2D eigenvalue weighted by atomic mass is 32.1. The van der Waals surface area contributed by atoms with Gasteiger partial charge in [-0.05, 0) is 31.5 Å². The van der Waals surface area contributed by atoms with Gasteiger partial charge in [0.25, 0.3) is 0 Å². The van der Waals surface area contributed by atoms with E-state index in [9.17, 15) is 4.79 Å². The Labute approximate surface area is 117 Å². The van der Waals surface area contributed by atoms with Crippen LogP contribution < -0.4 is 11.1 Å². The number of esters is 1. The lowest BCUT2D eigenvalue weighted by Gasteiger charge is -2.13. The van der Waals surface area contributed by atoms with Crippen LogP contribution in [0.5, 0.6) is 0 Å². The van der Waals surface area contributed by atoms with E-state index in [1.165, 1.54) is 31.4 Å². The van der Waals surface area contributed by atoms with Crippen LogP contribution in [-0.4, -0.2) is 44.2 Å². The number of likely N-dealkylation sites (tertiary alicyclic amines) is 1. The van der Waals surface area contributed by atoms with Crippen LogP contribution in [0.4, 0.5) is 10.7 Å². The zero-order chi connectivity index (χ0) is 13.8. The summed E-state index contributed by atoms with van der Waals surface area (Å²) in [5.74, 6) is 0.304. The molecular formula is C13H21N3O2S. The molecular weight excluding hydrogens is 262 g/mol. The van der Waals surface area contributed by atoms with Crippen molar-refractivity contribution >= 4 is 28.0 Å². The van der Waals surface area contributed by atoms with Crippen LogP contribution in [0, 0.1) is 5.92 Å². The maximum atomic E-state index is 11.5. The number of rotatable bonds is 5. The quantitative estimate of drug-likeness (QED) is 0.808. The maximum Gasteiger partial charge on any atom is 0.350 e. The van der Waals surface area contributed by atoms with Crippen molar-refractivity contribution < 1.29 is 9.53 Å². The van der Waals surface area contributed by atoms with Crippen molar-refractivity contribution in [1.29, 1.82) is 0 Å². The normalized spacial score (nSPS) is 19.6. The Morgan fingerprint density at radius 2 is 2.47 bits per heavy atom. The highest BCUT2D eigenvalue weighted by Crippen LogP contribution is 2.30. The van der Waals surface area contributed by atoms with E-state index in [-0.39, 0.29) is 5.97 Å². The van der Waals surface area contributed by atoms with Crippen molar-refractivity contribution in [3.63, 3.8) is 0 Å². The molecule has 6 heteroatoms. The molecule has 2 heterocycles. The van der Waals surface area contributed by atoms with Crippen LogP contribution >= 0.6 is 11.3 Å². The first-order valence-corrected chi connectivity index (χ1v) is 7.39. The minimum absolute atomic E-state index is 0.367. The molecule has 0 saturated carbocycles. The lowest BCUT2D eigenvalue weighted by Crippen LogP contribution is -2.22. The van der Waals surface area contributed by atoms with Gasteiger partial charge in [-0.2, -0.15) is 0 Å². The molecule has 0 bridgehead atoms. The molecule has 1 fully saturated rings. The molecule has 1 aliphatic rings. The standard InChI is InChI=1S/C13H21N3O2S/c1-3-16-5-4-9(8-16)7-15-11-6-10(14)12(19-11)13(17)18-2/h6,9,15H,3-5,7-8,14H2,1-2H3. The van der Waals surface area contributed by atoms with Crippen LogP contribution in [0.25, 0.3) is 0 Å². The van der Waals surface area contributed by atoms with Crippen molar-refractivity contribution in [3.8, 4) is 0 Å². The van der Waals surface area contributed by atoms with E-state index in [0.29, 0.717) is 16.5 Å². The molecule has 0 aromatic carbocycles. The number of anilines is 2. The van der Waals surface area contributed by atoms with Gasteiger partial charge in [0.05, 0.1) is 17.8 Å². The third-order valence-corrected chi connectivity index (χ3v) is 4.60. The molecule has 0 amide bonds. The second-order valence-corrected chi connectivity index (χ2v) is 5.87. The topological polar surface area (TPSA) is 67.6 Å². The van der Waals surface area contributed by atoms with Gasteiger partial charge in [-0.15, -0.1) is 11.3 Å². The van der Waals surface area contributed by atoms with Crippen molar-refractivity contribution in [3.05, 3.63) is 10.9 Å². The van der Waals surface area contributed by atoms with Gasteiger partial charge < -0.3 is 20.7 Å². The van der Waals surface area contributed by atoms with Crippen molar-refractivity contribution in [2.45, 2.75) is 13.3 Å². The predicted octanol–water partition coefficient (Wildman–Crippen LogP) is 1.87. The molecule has 3 N–H and O–H groups in total. The molecule has 0 spiro atoms. The average molecular weight is 283 g/mol. The Bertz CT molecular complexity index is 447. The van der Waals surface area contributed by atoms with E-state index in [0.717, 1.165) is 24.6 Å². The van der Waals surface area contributed by atoms with Crippen molar-refractivity contribution in [1.82, 2.24) is 4.90 Å². The molecule has 1 saturated heterocycles. The Kier molecular flexibility index (Phi) is 4.66. The molecule has 0 radical (unpaired) electrons. The molecule has 2 rings (SSSR count). The van der Waals surface area contributed by atoms with Crippen LogP contribution in [-0.2, 0) is 4.74 Å². The monoisotopic (exact) mass is 283 g/mol. The number of hydrogen-bond acceptors (Lipinski definition) is 6. The summed E-state index contributed by atoms with van der Waals surface area (Å²) in [6.07, 6.45) is 1.23. The van der Waals surface area contributed by atoms with Crippen LogP contribution in [0.15, 0.2) is 6.07 Å². The number of carbonyl (C=O) groups excluding carboxylic acids is 1. The van der Waals surface area contributed by atoms with Gasteiger partial charge in [0.2, 0.25) is 0 Å². The van der Waals surface area contributed by atoms with Gasteiger partial charge in [-0.25, -0.2) is 4.79 Å². The first-order chi connectivity index (χ1) is 9.13. The summed E-state index contributed by atoms with van der Waals surface area (Å²) in [6.45, 7) is 6.57. The number of thiophene rings is 1. The maximum absolute atomic E-state index is 11.5. The summed E-state index contributed by atoms with van der Waals surface area (Å²) in [5.41, 5.74) is 6.29. The van der Waals surface area contributed by atoms with Crippen LogP contribution in [0.3, 0.4) is 0 Å². The molecule has 106 valence electrons. The van der Waals surface area contributed by atoms with E-state index in [4.69, 9.17) is 10.5 Å². The van der Waals surface area contributed by atoms with E-state index in [1.807, 2.05) is 6.07 Å². The number of ether oxygens (including phenoxy) is 1. The van der Waals surface area contributed by atoms with E-state index < -0.39 is 0 Å². The number of carbonyl (C=O) groups is 1. The first-order valence-electron chi connectivity index (χ1n) is 6.57. The summed E-state index contributed by atoms with van der Waals surface area (Å²) in [4.78, 5) is 14.4. The zero-order valence-electron chi connectivity index (χ0n) is 11.4. The lowest BCUT2D eigenvalue weighted by atomic mass is 10.1. The van der Waals surface area contributed by atoms with Gasteiger partial charge in [-0.3, -0.25) is 0 Å². The number of nitrogen functional groups attached to an aromatic ring is 1. The summed E-state index contributed by atoms with van der Waals surface area (Å²) >= 11 is 1.36. The van der Waals surface area contributed by atoms with Crippen LogP contribution in [0.1, 0.15) is 23.0 Å². The largest absolute Gasteiger partial charge is 0.465 e. The molecule has 1 atom stereocenters. The third-order valence-electron chi connectivity index (χ3n) is 3.51. The lowest BCUT2D eigenvalue weighted by molar-refractivity contribution is 0.0607. The fourth-order valence-electron chi connectivity index (χ4n) is 2.36. The molecule has 5 nitrogen and oxygen atoms in total. The predicted molar refractivity (Wildman–Crippen MR) is 78.8 cm³/mol. The second kappa shape index (κ2) is 6.25. The molecule has 0 aliphatic carbocycles. The highest BCUT2D eigenvalue weighted by Gasteiger charge is 2.21. The SMILES string of the molecule is CCN1CCC(CNc2cc(N)c(C(=O)OC)s2)C1. The number of methoxy groups -OCH3 is 1. The zero-order valence-corrected chi connectivity index (χ0v) is 12.3. The number of nitrogens with zero attached hydrogens (tertiary/aromatic N) is 1. The van der Waals surface area contributed by atoms with Crippen molar-refractivity contribution in [2.24, 2.45) is 5.92 Å². The Hall–Kier alpha value is -1.27. The summed E-state index contributed by atoms with van der Waals surface area (Å²) < 4.78 is 4.69. The highest BCUT2D eigenvalue weighted by molar-refractivity contribution is 7.18. The summed E-state index contributed by atoms with van der Waals surface area (Å²) in [6, 6.07) is 1.81. The smallest absolute Gasteiger partial charge is 0.350 e. The Balaban J connectivity index is 1.88. The van der Waals surface area contributed by atoms with Gasteiger partial charge in [0, 0.05) is 13.1 Å². The van der Waals surface area contributed by atoms with Gasteiger partial charge in [0.1, 0.15) is 4.88 Å². The minimum atomic E-state index is -0.367. The number of nitrogens with two attached hydrogens (primary N) is 1. The molecule has 1 aromatic rings. The van der Waals surface area contributed by atoms with Crippen molar-refractivity contribution in [2.75, 3.05) is 44.3 Å². The Morgan fingerprint density at radius 3 is 3.11 bits per heavy atom. The van der Waals surface area contributed by atoms with E-state index in [2.05, 4.69) is 17.1 Å². The molecule has 1 unspecified atom stereocenters. The summed E-state index contributed by atoms with van der Waals surface area (Å²) in [5, 5.41) is 4.31. The first kappa shape index (κ1) is 14.1. The third kappa shape index (κ3) is 3.39. The van der Waals surface area contributed by atoms with E-state index in [1.54, 1.807) is 0 Å².